The van der Waals surface area contributed by atoms with Crippen LogP contribution in [-0.4, -0.2) is 16.9 Å². The fourth-order valence-electron chi connectivity index (χ4n) is 1.32. The summed E-state index contributed by atoms with van der Waals surface area (Å²) in [5.41, 5.74) is 6.41. The van der Waals surface area contributed by atoms with Gasteiger partial charge in [0.2, 0.25) is 5.91 Å². The van der Waals surface area contributed by atoms with Gasteiger partial charge in [-0.15, -0.1) is 0 Å². The average molecular weight is 286 g/mol. The van der Waals surface area contributed by atoms with Crippen molar-refractivity contribution in [2.45, 2.75) is 26.3 Å². The molecular weight excluding hydrogens is 270 g/mol. The first-order valence-electron chi connectivity index (χ1n) is 5.17. The molecule has 1 rings (SSSR count). The van der Waals surface area contributed by atoms with Crippen molar-refractivity contribution in [3.05, 3.63) is 22.9 Å². The zero-order valence-electron chi connectivity index (χ0n) is 9.40. The lowest BCUT2D eigenvalue weighted by Gasteiger charge is -2.14. The summed E-state index contributed by atoms with van der Waals surface area (Å²) in [5, 5.41) is 2.74. The molecule has 0 radical (unpaired) electrons. The molecule has 3 N–H and O–H groups in total. The van der Waals surface area contributed by atoms with Crippen molar-refractivity contribution in [3.8, 4) is 0 Å². The van der Waals surface area contributed by atoms with Gasteiger partial charge >= 0.3 is 0 Å². The van der Waals surface area contributed by atoms with E-state index in [0.717, 1.165) is 0 Å². The number of carbonyl (C=O) groups is 1. The molecule has 1 atom stereocenters. The zero-order valence-corrected chi connectivity index (χ0v) is 11.0. The van der Waals surface area contributed by atoms with Crippen molar-refractivity contribution in [2.24, 2.45) is 11.7 Å². The largest absolute Gasteiger partial charge is 0.322 e. The fourth-order valence-corrected chi connectivity index (χ4v) is 1.67. The molecule has 0 aliphatic carbocycles. The second kappa shape index (κ2) is 5.96. The summed E-state index contributed by atoms with van der Waals surface area (Å²) in [4.78, 5) is 15.7. The van der Waals surface area contributed by atoms with Crippen LogP contribution < -0.4 is 11.1 Å². The Kier molecular flexibility index (Phi) is 4.89. The lowest BCUT2D eigenvalue weighted by molar-refractivity contribution is -0.117. The minimum atomic E-state index is -0.480. The Morgan fingerprint density at radius 2 is 2.31 bits per heavy atom. The lowest BCUT2D eigenvalue weighted by atomic mass is 10.0. The number of hydrogen-bond donors (Lipinski definition) is 2. The zero-order chi connectivity index (χ0) is 12.1. The predicted molar refractivity (Wildman–Crippen MR) is 68.0 cm³/mol. The number of rotatable bonds is 4. The number of nitrogens with one attached hydrogen (secondary N) is 1. The third kappa shape index (κ3) is 3.90. The Bertz CT molecular complexity index is 368. The predicted octanol–water partition coefficient (Wildman–Crippen LogP) is 2.16. The molecule has 0 bridgehead atoms. The quantitative estimate of drug-likeness (QED) is 0.833. The van der Waals surface area contributed by atoms with Crippen molar-refractivity contribution in [2.75, 3.05) is 5.32 Å². The van der Waals surface area contributed by atoms with E-state index in [4.69, 9.17) is 5.73 Å². The van der Waals surface area contributed by atoms with E-state index in [2.05, 4.69) is 26.2 Å². The highest BCUT2D eigenvalue weighted by atomic mass is 79.9. The van der Waals surface area contributed by atoms with Crippen molar-refractivity contribution >= 4 is 27.5 Å². The number of hydrogen-bond acceptors (Lipinski definition) is 3. The molecule has 0 aromatic carbocycles. The molecule has 1 aromatic heterocycles. The molecule has 88 valence electrons. The first-order valence-corrected chi connectivity index (χ1v) is 5.97. The van der Waals surface area contributed by atoms with Crippen LogP contribution in [0.1, 0.15) is 20.3 Å². The minimum Gasteiger partial charge on any atom is -0.322 e. The lowest BCUT2D eigenvalue weighted by Crippen LogP contribution is -2.36. The van der Waals surface area contributed by atoms with E-state index >= 15 is 0 Å². The molecule has 1 aromatic rings. The normalized spacial score (nSPS) is 12.6. The topological polar surface area (TPSA) is 68.0 Å². The number of pyridine rings is 1. The standard InChI is InChI=1S/C11H16BrN3O/c1-7(2)6-8(13)11(16)15-9-4-3-5-14-10(9)12/h3-5,7-8H,6,13H2,1-2H3,(H,15,16). The third-order valence-electron chi connectivity index (χ3n) is 2.08. The molecule has 4 nitrogen and oxygen atoms in total. The van der Waals surface area contributed by atoms with E-state index < -0.39 is 6.04 Å². The number of carbonyl (C=O) groups excluding carboxylic acids is 1. The van der Waals surface area contributed by atoms with Crippen LogP contribution in [0.4, 0.5) is 5.69 Å². The van der Waals surface area contributed by atoms with E-state index in [0.29, 0.717) is 22.6 Å². The molecule has 0 aliphatic rings. The monoisotopic (exact) mass is 285 g/mol. The first-order chi connectivity index (χ1) is 7.50. The number of aromatic nitrogens is 1. The smallest absolute Gasteiger partial charge is 0.241 e. The minimum absolute atomic E-state index is 0.178. The summed E-state index contributed by atoms with van der Waals surface area (Å²) < 4.78 is 0.611. The molecule has 0 saturated carbocycles. The van der Waals surface area contributed by atoms with E-state index in [9.17, 15) is 4.79 Å². The van der Waals surface area contributed by atoms with Crippen molar-refractivity contribution in [3.63, 3.8) is 0 Å². The highest BCUT2D eigenvalue weighted by molar-refractivity contribution is 9.10. The molecule has 0 aliphatic heterocycles. The van der Waals surface area contributed by atoms with Gasteiger partial charge in [0.25, 0.3) is 0 Å². The summed E-state index contributed by atoms with van der Waals surface area (Å²) in [5.74, 6) is 0.223. The molecule has 5 heteroatoms. The van der Waals surface area contributed by atoms with Gasteiger partial charge in [0.05, 0.1) is 11.7 Å². The van der Waals surface area contributed by atoms with Crippen LogP contribution in [0, 0.1) is 5.92 Å². The highest BCUT2D eigenvalue weighted by Gasteiger charge is 2.15. The van der Waals surface area contributed by atoms with Gasteiger partial charge in [0, 0.05) is 6.20 Å². The fraction of sp³-hybridized carbons (Fsp3) is 0.455. The summed E-state index contributed by atoms with van der Waals surface area (Å²) in [6.45, 7) is 4.07. The number of nitrogens with two attached hydrogens (primary N) is 1. The van der Waals surface area contributed by atoms with Crippen LogP contribution in [0.2, 0.25) is 0 Å². The molecule has 0 saturated heterocycles. The van der Waals surface area contributed by atoms with E-state index in [1.165, 1.54) is 0 Å². The van der Waals surface area contributed by atoms with Crippen LogP contribution in [0.25, 0.3) is 0 Å². The van der Waals surface area contributed by atoms with Crippen LogP contribution in [0.5, 0.6) is 0 Å². The maximum Gasteiger partial charge on any atom is 0.241 e. The average Bonchev–Trinajstić information content (AvgIpc) is 2.20. The Labute approximate surface area is 104 Å². The molecular formula is C11H16BrN3O. The van der Waals surface area contributed by atoms with Crippen molar-refractivity contribution < 1.29 is 4.79 Å². The van der Waals surface area contributed by atoms with Gasteiger partial charge in [0.1, 0.15) is 4.60 Å². The van der Waals surface area contributed by atoms with E-state index in [-0.39, 0.29) is 5.91 Å². The maximum absolute atomic E-state index is 11.7. The van der Waals surface area contributed by atoms with Gasteiger partial charge in [-0.2, -0.15) is 0 Å². The Morgan fingerprint density at radius 3 is 2.88 bits per heavy atom. The van der Waals surface area contributed by atoms with Gasteiger partial charge in [-0.25, -0.2) is 4.98 Å². The molecule has 0 spiro atoms. The summed E-state index contributed by atoms with van der Waals surface area (Å²) in [6, 6.07) is 3.05. The van der Waals surface area contributed by atoms with E-state index in [1.807, 2.05) is 13.8 Å². The van der Waals surface area contributed by atoms with E-state index in [1.54, 1.807) is 18.3 Å². The molecule has 16 heavy (non-hydrogen) atoms. The van der Waals surface area contributed by atoms with Crippen molar-refractivity contribution in [1.82, 2.24) is 4.98 Å². The van der Waals surface area contributed by atoms with Gasteiger partial charge in [-0.1, -0.05) is 13.8 Å². The molecule has 1 heterocycles. The number of halogens is 1. The van der Waals surface area contributed by atoms with Gasteiger partial charge in [-0.05, 0) is 40.4 Å². The van der Waals surface area contributed by atoms with Crippen molar-refractivity contribution in [1.29, 1.82) is 0 Å². The second-order valence-corrected chi connectivity index (χ2v) is 4.82. The Morgan fingerprint density at radius 1 is 1.62 bits per heavy atom. The first kappa shape index (κ1) is 13.1. The summed E-state index contributed by atoms with van der Waals surface area (Å²) in [6.07, 6.45) is 2.32. The molecule has 1 amide bonds. The number of nitrogens with zero attached hydrogens (tertiary/aromatic N) is 1. The van der Waals surface area contributed by atoms with Gasteiger partial charge < -0.3 is 11.1 Å². The van der Waals surface area contributed by atoms with Crippen LogP contribution in [0.15, 0.2) is 22.9 Å². The number of amides is 1. The van der Waals surface area contributed by atoms with Gasteiger partial charge in [-0.3, -0.25) is 4.79 Å². The summed E-state index contributed by atoms with van der Waals surface area (Å²) >= 11 is 3.26. The highest BCUT2D eigenvalue weighted by Crippen LogP contribution is 2.18. The van der Waals surface area contributed by atoms with Gasteiger partial charge in [0.15, 0.2) is 0 Å². The second-order valence-electron chi connectivity index (χ2n) is 4.07. The Hall–Kier alpha value is -0.940. The van der Waals surface area contributed by atoms with Crippen LogP contribution in [0.3, 0.4) is 0 Å². The van der Waals surface area contributed by atoms with Crippen LogP contribution >= 0.6 is 15.9 Å². The Balaban J connectivity index is 2.61. The number of anilines is 1. The SMILES string of the molecule is CC(C)CC(N)C(=O)Nc1cccnc1Br. The molecule has 1 unspecified atom stereocenters. The third-order valence-corrected chi connectivity index (χ3v) is 2.71. The van der Waals surface area contributed by atoms with Crippen LogP contribution in [-0.2, 0) is 4.79 Å². The summed E-state index contributed by atoms with van der Waals surface area (Å²) in [7, 11) is 0. The maximum atomic E-state index is 11.7. The molecule has 0 fully saturated rings.